The summed E-state index contributed by atoms with van der Waals surface area (Å²) >= 11 is 1.05. The second-order valence-corrected chi connectivity index (χ2v) is 5.90. The molecular weight excluding hydrogens is 226 g/mol. The molecule has 1 aromatic rings. The van der Waals surface area contributed by atoms with E-state index in [0.29, 0.717) is 4.88 Å². The Labute approximate surface area is 85.3 Å². The number of sulfone groups is 1. The Hall–Kier alpha value is -0.950. The molecule has 0 atom stereocenters. The molecule has 0 fully saturated rings. The topological polar surface area (TPSA) is 84.3 Å². The molecule has 1 aromatic heterocycles. The summed E-state index contributed by atoms with van der Waals surface area (Å²) in [6.45, 7) is 1.52. The van der Waals surface area contributed by atoms with E-state index in [1.807, 2.05) is 0 Å². The van der Waals surface area contributed by atoms with Gasteiger partial charge in [-0.3, -0.25) is 0 Å². The van der Waals surface area contributed by atoms with E-state index in [0.717, 1.165) is 11.3 Å². The van der Waals surface area contributed by atoms with Gasteiger partial charge in [0.1, 0.15) is 0 Å². The summed E-state index contributed by atoms with van der Waals surface area (Å²) in [6, 6.07) is 0. The second kappa shape index (κ2) is 4.05. The fraction of sp³-hybridized carbons (Fsp3) is 0.429. The third-order valence-electron chi connectivity index (χ3n) is 1.63. The summed E-state index contributed by atoms with van der Waals surface area (Å²) in [5, 5.41) is 8.67. The molecule has 0 amide bonds. The lowest BCUT2D eigenvalue weighted by Crippen LogP contribution is -2.09. The number of carbonyl (C=O) groups is 1. The number of carboxylic acid groups (broad SMARTS) is 1. The number of aromatic nitrogens is 1. The second-order valence-electron chi connectivity index (χ2n) is 2.61. The van der Waals surface area contributed by atoms with Crippen LogP contribution in [0.5, 0.6) is 0 Å². The molecule has 1 rings (SSSR count). The summed E-state index contributed by atoms with van der Waals surface area (Å²) in [5.74, 6) is -1.42. The summed E-state index contributed by atoms with van der Waals surface area (Å²) in [6.07, 6.45) is 0. The maximum absolute atomic E-state index is 11.2. The first kappa shape index (κ1) is 11.1. The predicted octanol–water partition coefficient (Wildman–Crippen LogP) is 0.776. The monoisotopic (exact) mass is 235 g/mol. The Morgan fingerprint density at radius 1 is 1.64 bits per heavy atom. The van der Waals surface area contributed by atoms with Gasteiger partial charge in [0.25, 0.3) is 0 Å². The quantitative estimate of drug-likeness (QED) is 0.833. The molecule has 5 nitrogen and oxygen atoms in total. The fourth-order valence-electron chi connectivity index (χ4n) is 0.849. The molecule has 78 valence electrons. The van der Waals surface area contributed by atoms with Crippen LogP contribution in [0.15, 0.2) is 5.51 Å². The lowest BCUT2D eigenvalue weighted by molar-refractivity contribution is 0.0690. The fourth-order valence-corrected chi connectivity index (χ4v) is 2.94. The number of hydrogen-bond donors (Lipinski definition) is 1. The van der Waals surface area contributed by atoms with Crippen LogP contribution in [0.4, 0.5) is 0 Å². The van der Waals surface area contributed by atoms with Crippen molar-refractivity contribution in [2.45, 2.75) is 12.7 Å². The molecule has 1 N–H and O–H groups in total. The maximum atomic E-state index is 11.2. The van der Waals surface area contributed by atoms with E-state index < -0.39 is 15.8 Å². The molecule has 0 radical (unpaired) electrons. The van der Waals surface area contributed by atoms with Gasteiger partial charge < -0.3 is 5.11 Å². The van der Waals surface area contributed by atoms with E-state index >= 15 is 0 Å². The van der Waals surface area contributed by atoms with Crippen LogP contribution >= 0.6 is 11.3 Å². The average molecular weight is 235 g/mol. The summed E-state index contributed by atoms with van der Waals surface area (Å²) in [7, 11) is -3.19. The van der Waals surface area contributed by atoms with E-state index in [4.69, 9.17) is 5.11 Å². The van der Waals surface area contributed by atoms with Crippen LogP contribution in [0, 0.1) is 0 Å². The molecule has 0 saturated heterocycles. The van der Waals surface area contributed by atoms with Gasteiger partial charge >= 0.3 is 5.97 Å². The van der Waals surface area contributed by atoms with Crippen molar-refractivity contribution in [3.63, 3.8) is 0 Å². The highest BCUT2D eigenvalue weighted by Gasteiger charge is 2.18. The van der Waals surface area contributed by atoms with Crippen molar-refractivity contribution in [2.24, 2.45) is 0 Å². The van der Waals surface area contributed by atoms with E-state index in [1.54, 1.807) is 0 Å². The van der Waals surface area contributed by atoms with Gasteiger partial charge in [-0.15, -0.1) is 11.3 Å². The minimum atomic E-state index is -3.19. The summed E-state index contributed by atoms with van der Waals surface area (Å²) in [4.78, 5) is 14.5. The number of rotatable bonds is 4. The number of hydrogen-bond acceptors (Lipinski definition) is 5. The zero-order valence-corrected chi connectivity index (χ0v) is 9.06. The van der Waals surface area contributed by atoms with Crippen molar-refractivity contribution in [1.29, 1.82) is 0 Å². The van der Waals surface area contributed by atoms with Crippen molar-refractivity contribution >= 4 is 27.1 Å². The van der Waals surface area contributed by atoms with Crippen molar-refractivity contribution in [3.8, 4) is 0 Å². The van der Waals surface area contributed by atoms with Gasteiger partial charge in [0.15, 0.2) is 15.5 Å². The zero-order valence-electron chi connectivity index (χ0n) is 7.43. The summed E-state index contributed by atoms with van der Waals surface area (Å²) < 4.78 is 22.5. The van der Waals surface area contributed by atoms with Gasteiger partial charge in [-0.25, -0.2) is 18.2 Å². The number of nitrogens with zero attached hydrogens (tertiary/aromatic N) is 1. The minimum Gasteiger partial charge on any atom is -0.476 e. The standard InChI is InChI=1S/C7H9NO4S2/c1-2-14(11,12)3-5-6(7(9)10)8-4-13-5/h4H,2-3H2,1H3,(H,9,10). The van der Waals surface area contributed by atoms with Crippen LogP contribution < -0.4 is 0 Å². The van der Waals surface area contributed by atoms with E-state index in [-0.39, 0.29) is 17.2 Å². The molecule has 1 heterocycles. The number of aromatic carboxylic acids is 1. The Bertz CT molecular complexity index is 434. The van der Waals surface area contributed by atoms with Gasteiger partial charge in [0.2, 0.25) is 0 Å². The van der Waals surface area contributed by atoms with Crippen LogP contribution in [0.3, 0.4) is 0 Å². The van der Waals surface area contributed by atoms with Gasteiger partial charge in [0.05, 0.1) is 16.1 Å². The van der Waals surface area contributed by atoms with Crippen LogP contribution in [-0.2, 0) is 15.6 Å². The van der Waals surface area contributed by atoms with Crippen molar-refractivity contribution in [3.05, 3.63) is 16.1 Å². The first-order valence-electron chi connectivity index (χ1n) is 3.82. The molecular formula is C7H9NO4S2. The Morgan fingerprint density at radius 3 is 2.79 bits per heavy atom. The largest absolute Gasteiger partial charge is 0.476 e. The van der Waals surface area contributed by atoms with E-state index in [1.165, 1.54) is 12.4 Å². The van der Waals surface area contributed by atoms with Crippen molar-refractivity contribution in [1.82, 2.24) is 4.98 Å². The van der Waals surface area contributed by atoms with Gasteiger partial charge in [-0.1, -0.05) is 6.92 Å². The Kier molecular flexibility index (Phi) is 3.22. The first-order chi connectivity index (χ1) is 6.46. The molecule has 0 bridgehead atoms. The Morgan fingerprint density at radius 2 is 2.29 bits per heavy atom. The molecule has 0 aliphatic carbocycles. The SMILES string of the molecule is CCS(=O)(=O)Cc1scnc1C(=O)O. The van der Waals surface area contributed by atoms with Crippen molar-refractivity contribution in [2.75, 3.05) is 5.75 Å². The highest BCUT2D eigenvalue weighted by Crippen LogP contribution is 2.16. The molecule has 0 aliphatic rings. The third kappa shape index (κ3) is 2.52. The lowest BCUT2D eigenvalue weighted by atomic mass is 10.4. The van der Waals surface area contributed by atoms with Gasteiger partial charge in [0, 0.05) is 5.75 Å². The number of thiazole rings is 1. The smallest absolute Gasteiger partial charge is 0.355 e. The molecule has 0 aromatic carbocycles. The van der Waals surface area contributed by atoms with E-state index in [9.17, 15) is 13.2 Å². The summed E-state index contributed by atoms with van der Waals surface area (Å²) in [5.41, 5.74) is 1.18. The molecule has 0 spiro atoms. The molecule has 14 heavy (non-hydrogen) atoms. The predicted molar refractivity (Wildman–Crippen MR) is 52.2 cm³/mol. The van der Waals surface area contributed by atoms with Crippen LogP contribution in [0.2, 0.25) is 0 Å². The van der Waals surface area contributed by atoms with Crippen LogP contribution in [0.25, 0.3) is 0 Å². The minimum absolute atomic E-state index is 0.00393. The first-order valence-corrected chi connectivity index (χ1v) is 6.52. The van der Waals surface area contributed by atoms with Crippen LogP contribution in [-0.4, -0.2) is 30.2 Å². The molecule has 7 heteroatoms. The highest BCUT2D eigenvalue weighted by molar-refractivity contribution is 7.90. The molecule has 0 unspecified atom stereocenters. The molecule has 0 saturated carbocycles. The maximum Gasteiger partial charge on any atom is 0.355 e. The third-order valence-corrected chi connectivity index (χ3v) is 4.26. The molecule has 0 aliphatic heterocycles. The van der Waals surface area contributed by atoms with Gasteiger partial charge in [-0.05, 0) is 0 Å². The lowest BCUT2D eigenvalue weighted by Gasteiger charge is -1.98. The zero-order chi connectivity index (χ0) is 10.8. The normalized spacial score (nSPS) is 11.5. The van der Waals surface area contributed by atoms with Crippen molar-refractivity contribution < 1.29 is 18.3 Å². The average Bonchev–Trinajstić information content (AvgIpc) is 2.51. The highest BCUT2D eigenvalue weighted by atomic mass is 32.2. The van der Waals surface area contributed by atoms with E-state index in [2.05, 4.69) is 4.98 Å². The van der Waals surface area contributed by atoms with Crippen LogP contribution in [0.1, 0.15) is 22.3 Å². The number of carboxylic acids is 1. The Balaban J connectivity index is 2.98. The van der Waals surface area contributed by atoms with Gasteiger partial charge in [-0.2, -0.15) is 0 Å².